The third-order valence-corrected chi connectivity index (χ3v) is 2.81. The van der Waals surface area contributed by atoms with Gasteiger partial charge in [-0.15, -0.1) is 0 Å². The first-order valence-electron chi connectivity index (χ1n) is 6.13. The van der Waals surface area contributed by atoms with Gasteiger partial charge in [-0.1, -0.05) is 0 Å². The molecule has 0 aromatic carbocycles. The Morgan fingerprint density at radius 1 is 1.37 bits per heavy atom. The predicted octanol–water partition coefficient (Wildman–Crippen LogP) is 0.917. The molecule has 0 radical (unpaired) electrons. The SMILES string of the molecule is O=C(O)CCOC1CCN(C(=O)NCC(F)F)CC1. The van der Waals surface area contributed by atoms with Crippen LogP contribution in [0.15, 0.2) is 0 Å². The maximum absolute atomic E-state index is 11.9. The molecule has 1 aliphatic rings. The number of carbonyl (C=O) groups is 2. The van der Waals surface area contributed by atoms with Crippen molar-refractivity contribution in [3.63, 3.8) is 0 Å². The summed E-state index contributed by atoms with van der Waals surface area (Å²) in [6, 6.07) is -0.496. The van der Waals surface area contributed by atoms with Crippen molar-refractivity contribution in [1.82, 2.24) is 10.2 Å². The van der Waals surface area contributed by atoms with E-state index in [1.165, 1.54) is 4.90 Å². The molecule has 1 rings (SSSR count). The van der Waals surface area contributed by atoms with Crippen LogP contribution in [-0.2, 0) is 9.53 Å². The van der Waals surface area contributed by atoms with Gasteiger partial charge in [0.1, 0.15) is 0 Å². The fourth-order valence-corrected chi connectivity index (χ4v) is 1.81. The summed E-state index contributed by atoms with van der Waals surface area (Å²) >= 11 is 0. The second-order valence-corrected chi connectivity index (χ2v) is 4.28. The van der Waals surface area contributed by atoms with E-state index in [0.29, 0.717) is 25.9 Å². The van der Waals surface area contributed by atoms with E-state index in [9.17, 15) is 18.4 Å². The van der Waals surface area contributed by atoms with Gasteiger partial charge in [-0.25, -0.2) is 13.6 Å². The van der Waals surface area contributed by atoms with Crippen LogP contribution in [-0.4, -0.2) is 60.8 Å². The quantitative estimate of drug-likeness (QED) is 0.758. The van der Waals surface area contributed by atoms with Crippen molar-refractivity contribution < 1.29 is 28.2 Å². The molecule has 1 heterocycles. The number of carboxylic acid groups (broad SMARTS) is 1. The number of aliphatic carboxylic acids is 1. The van der Waals surface area contributed by atoms with Crippen molar-refractivity contribution in [3.05, 3.63) is 0 Å². The van der Waals surface area contributed by atoms with E-state index in [0.717, 1.165) is 0 Å². The molecule has 1 saturated heterocycles. The average molecular weight is 280 g/mol. The summed E-state index contributed by atoms with van der Waals surface area (Å²) in [6.07, 6.45) is -1.50. The van der Waals surface area contributed by atoms with Crippen LogP contribution in [0.4, 0.5) is 13.6 Å². The number of ether oxygens (including phenoxy) is 1. The monoisotopic (exact) mass is 280 g/mol. The molecule has 19 heavy (non-hydrogen) atoms. The van der Waals surface area contributed by atoms with Gasteiger partial charge in [-0.3, -0.25) is 4.79 Å². The number of rotatable bonds is 6. The minimum absolute atomic E-state index is 0.0465. The topological polar surface area (TPSA) is 78.9 Å². The molecule has 6 nitrogen and oxygen atoms in total. The fraction of sp³-hybridized carbons (Fsp3) is 0.818. The highest BCUT2D eigenvalue weighted by atomic mass is 19.3. The number of amides is 2. The van der Waals surface area contributed by atoms with Crippen molar-refractivity contribution in [3.8, 4) is 0 Å². The first-order chi connectivity index (χ1) is 8.99. The number of alkyl halides is 2. The number of likely N-dealkylation sites (tertiary alicyclic amines) is 1. The molecule has 0 atom stereocenters. The number of nitrogens with zero attached hydrogens (tertiary/aromatic N) is 1. The molecule has 1 aliphatic heterocycles. The predicted molar refractivity (Wildman–Crippen MR) is 62.2 cm³/mol. The second-order valence-electron chi connectivity index (χ2n) is 4.28. The maximum atomic E-state index is 11.9. The second kappa shape index (κ2) is 7.88. The lowest BCUT2D eigenvalue weighted by Gasteiger charge is -2.31. The Morgan fingerprint density at radius 3 is 2.53 bits per heavy atom. The lowest BCUT2D eigenvalue weighted by molar-refractivity contribution is -0.138. The third kappa shape index (κ3) is 6.32. The van der Waals surface area contributed by atoms with Gasteiger partial charge in [-0.05, 0) is 12.8 Å². The number of carboxylic acids is 1. The van der Waals surface area contributed by atoms with Gasteiger partial charge in [0.15, 0.2) is 0 Å². The number of hydrogen-bond donors (Lipinski definition) is 2. The van der Waals surface area contributed by atoms with Crippen LogP contribution in [0.25, 0.3) is 0 Å². The summed E-state index contributed by atoms with van der Waals surface area (Å²) in [7, 11) is 0. The van der Waals surface area contributed by atoms with Crippen molar-refractivity contribution in [2.75, 3.05) is 26.2 Å². The average Bonchev–Trinajstić information content (AvgIpc) is 2.36. The third-order valence-electron chi connectivity index (χ3n) is 2.81. The maximum Gasteiger partial charge on any atom is 0.317 e. The minimum Gasteiger partial charge on any atom is -0.481 e. The Hall–Kier alpha value is -1.44. The number of nitrogens with one attached hydrogen (secondary N) is 1. The largest absolute Gasteiger partial charge is 0.481 e. The number of halogens is 2. The van der Waals surface area contributed by atoms with E-state index in [-0.39, 0.29) is 19.1 Å². The standard InChI is InChI=1S/C11H18F2N2O4/c12-9(13)7-14-11(18)15-4-1-8(2-5-15)19-6-3-10(16)17/h8-9H,1-7H2,(H,14,18)(H,16,17). The molecular formula is C11H18F2N2O4. The molecule has 0 bridgehead atoms. The number of carbonyl (C=O) groups excluding carboxylic acids is 1. The summed E-state index contributed by atoms with van der Waals surface area (Å²) in [5.74, 6) is -0.913. The van der Waals surface area contributed by atoms with E-state index in [1.807, 2.05) is 0 Å². The molecule has 0 spiro atoms. The molecule has 2 N–H and O–H groups in total. The smallest absolute Gasteiger partial charge is 0.317 e. The minimum atomic E-state index is -2.55. The van der Waals surface area contributed by atoms with Crippen molar-refractivity contribution in [1.29, 1.82) is 0 Å². The molecule has 8 heteroatoms. The van der Waals surface area contributed by atoms with Crippen LogP contribution in [0.1, 0.15) is 19.3 Å². The van der Waals surface area contributed by atoms with E-state index >= 15 is 0 Å². The number of piperidine rings is 1. The lowest BCUT2D eigenvalue weighted by atomic mass is 10.1. The molecular weight excluding hydrogens is 262 g/mol. The van der Waals surface area contributed by atoms with E-state index < -0.39 is 25.0 Å². The normalized spacial score (nSPS) is 16.7. The van der Waals surface area contributed by atoms with Gasteiger partial charge in [-0.2, -0.15) is 0 Å². The van der Waals surface area contributed by atoms with Gasteiger partial charge in [0, 0.05) is 13.1 Å². The first-order valence-corrected chi connectivity index (χ1v) is 6.13. The number of urea groups is 1. The summed E-state index contributed by atoms with van der Waals surface area (Å²) in [4.78, 5) is 23.2. The first kappa shape index (κ1) is 15.6. The Morgan fingerprint density at radius 2 is 2.00 bits per heavy atom. The van der Waals surface area contributed by atoms with Gasteiger partial charge < -0.3 is 20.1 Å². The zero-order chi connectivity index (χ0) is 14.3. The Kier molecular flexibility index (Phi) is 6.48. The van der Waals surface area contributed by atoms with Gasteiger partial charge in [0.2, 0.25) is 0 Å². The molecule has 110 valence electrons. The Balaban J connectivity index is 2.17. The molecule has 2 amide bonds. The molecule has 1 fully saturated rings. The highest BCUT2D eigenvalue weighted by Crippen LogP contribution is 2.14. The van der Waals surface area contributed by atoms with Crippen LogP contribution in [0, 0.1) is 0 Å². The molecule has 0 unspecified atom stereocenters. The van der Waals surface area contributed by atoms with E-state index in [4.69, 9.17) is 9.84 Å². The van der Waals surface area contributed by atoms with Crippen LogP contribution in [0.5, 0.6) is 0 Å². The van der Waals surface area contributed by atoms with Gasteiger partial charge in [0.25, 0.3) is 6.43 Å². The van der Waals surface area contributed by atoms with Crippen molar-refractivity contribution in [2.45, 2.75) is 31.8 Å². The molecule has 0 aromatic rings. The summed E-state index contributed by atoms with van der Waals surface area (Å²) in [5, 5.41) is 10.6. The van der Waals surface area contributed by atoms with Crippen molar-refractivity contribution in [2.24, 2.45) is 0 Å². The zero-order valence-corrected chi connectivity index (χ0v) is 10.5. The van der Waals surface area contributed by atoms with Crippen LogP contribution < -0.4 is 5.32 Å². The fourth-order valence-electron chi connectivity index (χ4n) is 1.81. The zero-order valence-electron chi connectivity index (χ0n) is 10.5. The van der Waals surface area contributed by atoms with Crippen LogP contribution in [0.2, 0.25) is 0 Å². The van der Waals surface area contributed by atoms with Crippen molar-refractivity contribution >= 4 is 12.0 Å². The number of hydrogen-bond acceptors (Lipinski definition) is 3. The summed E-state index contributed by atoms with van der Waals surface area (Å²) in [6.45, 7) is 0.352. The van der Waals surface area contributed by atoms with E-state index in [1.54, 1.807) is 0 Å². The lowest BCUT2D eigenvalue weighted by Crippen LogP contribution is -2.47. The van der Waals surface area contributed by atoms with Gasteiger partial charge in [0.05, 0.1) is 25.7 Å². The Labute approximate surface area is 109 Å². The Bertz CT molecular complexity index is 307. The molecule has 0 saturated carbocycles. The highest BCUT2D eigenvalue weighted by molar-refractivity contribution is 5.74. The summed E-state index contributed by atoms with van der Waals surface area (Å²) in [5.41, 5.74) is 0. The van der Waals surface area contributed by atoms with Gasteiger partial charge >= 0.3 is 12.0 Å². The molecule has 0 aromatic heterocycles. The molecule has 0 aliphatic carbocycles. The van der Waals surface area contributed by atoms with E-state index in [2.05, 4.69) is 5.32 Å². The van der Waals surface area contributed by atoms with Crippen LogP contribution in [0.3, 0.4) is 0 Å². The van der Waals surface area contributed by atoms with Crippen LogP contribution >= 0.6 is 0 Å². The summed E-state index contributed by atoms with van der Waals surface area (Å²) < 4.78 is 29.2. The highest BCUT2D eigenvalue weighted by Gasteiger charge is 2.23.